The Balaban J connectivity index is 2.63. The van der Waals surface area contributed by atoms with Crippen molar-refractivity contribution in [1.29, 1.82) is 0 Å². The quantitative estimate of drug-likeness (QED) is 0.172. The topological polar surface area (TPSA) is 165 Å². The summed E-state index contributed by atoms with van der Waals surface area (Å²) in [4.78, 5) is 33.0. The van der Waals surface area contributed by atoms with Gasteiger partial charge in [-0.2, -0.15) is 0 Å². The normalized spacial score (nSPS) is 12.5. The summed E-state index contributed by atoms with van der Waals surface area (Å²) < 4.78 is 4.97. The second-order valence-corrected chi connectivity index (χ2v) is 4.29. The first-order chi connectivity index (χ1) is 10.3. The third kappa shape index (κ3) is 4.87. The summed E-state index contributed by atoms with van der Waals surface area (Å²) in [5.41, 5.74) is 10.2. The number of esters is 1. The Morgan fingerprint density at radius 3 is 2.27 bits per heavy atom. The SMILES string of the molecule is NC(=O)C(=NO)c1ccc(OC(=O)CC[C@@H](N)C(=O)O)cc1. The molecule has 0 aliphatic heterocycles. The average Bonchev–Trinajstić information content (AvgIpc) is 2.46. The van der Waals surface area contributed by atoms with Gasteiger partial charge in [0.05, 0.1) is 0 Å². The van der Waals surface area contributed by atoms with Crippen molar-refractivity contribution >= 4 is 23.6 Å². The number of carbonyl (C=O) groups excluding carboxylic acids is 2. The van der Waals surface area contributed by atoms with E-state index in [1.165, 1.54) is 24.3 Å². The van der Waals surface area contributed by atoms with E-state index in [4.69, 9.17) is 26.5 Å². The number of carboxylic acids is 1. The fourth-order valence-electron chi connectivity index (χ4n) is 1.51. The van der Waals surface area contributed by atoms with Crippen LogP contribution in [0.1, 0.15) is 18.4 Å². The van der Waals surface area contributed by atoms with Gasteiger partial charge in [0.1, 0.15) is 11.8 Å². The standard InChI is InChI=1S/C13H15N3O6/c14-9(13(19)20)5-6-10(17)22-8-3-1-7(2-4-8)11(16-21)12(15)18/h1-4,9,21H,5-6,14H2,(H2,15,18)(H,19,20)/t9-/m1/s1. The highest BCUT2D eigenvalue weighted by molar-refractivity contribution is 6.44. The Morgan fingerprint density at radius 1 is 1.23 bits per heavy atom. The molecule has 0 aliphatic rings. The van der Waals surface area contributed by atoms with Gasteiger partial charge in [-0.05, 0) is 30.7 Å². The van der Waals surface area contributed by atoms with Gasteiger partial charge < -0.3 is 26.5 Å². The van der Waals surface area contributed by atoms with Crippen molar-refractivity contribution in [3.63, 3.8) is 0 Å². The lowest BCUT2D eigenvalue weighted by Gasteiger charge is -2.07. The van der Waals surface area contributed by atoms with E-state index in [2.05, 4.69) is 5.16 Å². The van der Waals surface area contributed by atoms with Gasteiger partial charge in [-0.25, -0.2) is 0 Å². The predicted octanol–water partition coefficient (Wildman–Crippen LogP) is -0.552. The smallest absolute Gasteiger partial charge is 0.320 e. The van der Waals surface area contributed by atoms with Crippen molar-refractivity contribution in [3.8, 4) is 5.75 Å². The van der Waals surface area contributed by atoms with Gasteiger partial charge in [-0.3, -0.25) is 14.4 Å². The maximum atomic E-state index is 11.5. The number of primary amides is 1. The molecule has 1 aromatic carbocycles. The van der Waals surface area contributed by atoms with Crippen LogP contribution >= 0.6 is 0 Å². The molecule has 1 aromatic rings. The average molecular weight is 309 g/mol. The molecule has 0 fully saturated rings. The van der Waals surface area contributed by atoms with Gasteiger partial charge >= 0.3 is 11.9 Å². The first kappa shape index (κ1) is 17.1. The van der Waals surface area contributed by atoms with Crippen molar-refractivity contribution < 1.29 is 29.4 Å². The van der Waals surface area contributed by atoms with Crippen molar-refractivity contribution in [2.45, 2.75) is 18.9 Å². The fourth-order valence-corrected chi connectivity index (χ4v) is 1.51. The van der Waals surface area contributed by atoms with Crippen LogP contribution in [0.25, 0.3) is 0 Å². The second kappa shape index (κ2) is 7.74. The van der Waals surface area contributed by atoms with Gasteiger partial charge in [-0.15, -0.1) is 0 Å². The number of benzene rings is 1. The van der Waals surface area contributed by atoms with Crippen LogP contribution in [0.2, 0.25) is 0 Å². The molecule has 1 atom stereocenters. The number of carbonyl (C=O) groups is 3. The summed E-state index contributed by atoms with van der Waals surface area (Å²) in [6.07, 6.45) is -0.199. The van der Waals surface area contributed by atoms with Gasteiger partial charge in [-0.1, -0.05) is 5.16 Å². The molecule has 0 bridgehead atoms. The number of rotatable bonds is 7. The van der Waals surface area contributed by atoms with E-state index in [1.54, 1.807) is 0 Å². The number of nitrogens with two attached hydrogens (primary N) is 2. The van der Waals surface area contributed by atoms with Crippen LogP contribution in [-0.4, -0.2) is 39.9 Å². The molecule has 6 N–H and O–H groups in total. The van der Waals surface area contributed by atoms with Gasteiger partial charge in [0.2, 0.25) is 0 Å². The lowest BCUT2D eigenvalue weighted by Crippen LogP contribution is -2.31. The molecule has 0 unspecified atom stereocenters. The summed E-state index contributed by atoms with van der Waals surface area (Å²) in [6, 6.07) is 4.38. The van der Waals surface area contributed by atoms with E-state index in [1.807, 2.05) is 0 Å². The summed E-state index contributed by atoms with van der Waals surface area (Å²) in [7, 11) is 0. The maximum absolute atomic E-state index is 11.5. The van der Waals surface area contributed by atoms with E-state index < -0.39 is 23.9 Å². The molecular weight excluding hydrogens is 294 g/mol. The van der Waals surface area contributed by atoms with Crippen LogP contribution in [0.5, 0.6) is 5.75 Å². The largest absolute Gasteiger partial charge is 0.480 e. The molecule has 0 aromatic heterocycles. The number of amides is 1. The summed E-state index contributed by atoms with van der Waals surface area (Å²) in [5, 5.41) is 20.0. The lowest BCUT2D eigenvalue weighted by atomic mass is 10.1. The zero-order chi connectivity index (χ0) is 16.7. The van der Waals surface area contributed by atoms with Crippen molar-refractivity contribution in [1.82, 2.24) is 0 Å². The van der Waals surface area contributed by atoms with E-state index in [-0.39, 0.29) is 29.9 Å². The van der Waals surface area contributed by atoms with Crippen LogP contribution in [0.3, 0.4) is 0 Å². The minimum absolute atomic E-state index is 0.0464. The molecule has 0 radical (unpaired) electrons. The second-order valence-electron chi connectivity index (χ2n) is 4.29. The zero-order valence-corrected chi connectivity index (χ0v) is 11.4. The van der Waals surface area contributed by atoms with Crippen molar-refractivity contribution in [2.75, 3.05) is 0 Å². The molecule has 0 saturated carbocycles. The molecule has 0 aliphatic carbocycles. The third-order valence-corrected chi connectivity index (χ3v) is 2.67. The minimum atomic E-state index is -1.19. The number of nitrogens with zero attached hydrogens (tertiary/aromatic N) is 1. The lowest BCUT2D eigenvalue weighted by molar-refractivity contribution is -0.139. The Bertz CT molecular complexity index is 596. The number of ether oxygens (including phenoxy) is 1. The van der Waals surface area contributed by atoms with E-state index in [0.717, 1.165) is 0 Å². The van der Waals surface area contributed by atoms with Crippen molar-refractivity contribution in [2.24, 2.45) is 16.6 Å². The number of hydrogen-bond donors (Lipinski definition) is 4. The number of carboxylic acid groups (broad SMARTS) is 1. The van der Waals surface area contributed by atoms with Crippen LogP contribution < -0.4 is 16.2 Å². The van der Waals surface area contributed by atoms with Gasteiger partial charge in [0.25, 0.3) is 5.91 Å². The molecular formula is C13H15N3O6. The molecule has 118 valence electrons. The Labute approximate surface area is 125 Å². The highest BCUT2D eigenvalue weighted by atomic mass is 16.5. The monoisotopic (exact) mass is 309 g/mol. The van der Waals surface area contributed by atoms with Gasteiger partial charge in [0, 0.05) is 12.0 Å². The van der Waals surface area contributed by atoms with Crippen molar-refractivity contribution in [3.05, 3.63) is 29.8 Å². The highest BCUT2D eigenvalue weighted by Crippen LogP contribution is 2.14. The highest BCUT2D eigenvalue weighted by Gasteiger charge is 2.15. The number of aliphatic carboxylic acids is 1. The molecule has 22 heavy (non-hydrogen) atoms. The van der Waals surface area contributed by atoms with Crippen LogP contribution in [0, 0.1) is 0 Å². The summed E-state index contributed by atoms with van der Waals surface area (Å²) in [5.74, 6) is -2.57. The van der Waals surface area contributed by atoms with E-state index in [0.29, 0.717) is 0 Å². The number of hydrogen-bond acceptors (Lipinski definition) is 7. The Morgan fingerprint density at radius 2 is 1.82 bits per heavy atom. The minimum Gasteiger partial charge on any atom is -0.480 e. The van der Waals surface area contributed by atoms with Crippen LogP contribution in [-0.2, 0) is 14.4 Å². The molecule has 9 nitrogen and oxygen atoms in total. The Hall–Kier alpha value is -2.94. The van der Waals surface area contributed by atoms with Crippen LogP contribution in [0.15, 0.2) is 29.4 Å². The summed E-state index contributed by atoms with van der Waals surface area (Å²) >= 11 is 0. The zero-order valence-electron chi connectivity index (χ0n) is 11.4. The van der Waals surface area contributed by atoms with Crippen LogP contribution in [0.4, 0.5) is 0 Å². The predicted molar refractivity (Wildman–Crippen MR) is 74.4 cm³/mol. The first-order valence-corrected chi connectivity index (χ1v) is 6.16. The Kier molecular flexibility index (Phi) is 6.02. The maximum Gasteiger partial charge on any atom is 0.320 e. The molecule has 1 rings (SSSR count). The van der Waals surface area contributed by atoms with E-state index >= 15 is 0 Å². The fraction of sp³-hybridized carbons (Fsp3) is 0.231. The van der Waals surface area contributed by atoms with E-state index in [9.17, 15) is 14.4 Å². The van der Waals surface area contributed by atoms with Gasteiger partial charge in [0.15, 0.2) is 5.71 Å². The molecule has 0 heterocycles. The first-order valence-electron chi connectivity index (χ1n) is 6.16. The molecule has 1 amide bonds. The molecule has 0 saturated heterocycles. The molecule has 9 heteroatoms. The molecule has 0 spiro atoms. The summed E-state index contributed by atoms with van der Waals surface area (Å²) in [6.45, 7) is 0. The number of oxime groups is 1. The third-order valence-electron chi connectivity index (χ3n) is 2.67.